The summed E-state index contributed by atoms with van der Waals surface area (Å²) < 4.78 is 0. The predicted octanol–water partition coefficient (Wildman–Crippen LogP) is 2.23. The van der Waals surface area contributed by atoms with Crippen molar-refractivity contribution in [3.63, 3.8) is 0 Å². The molecule has 3 N–H and O–H groups in total. The van der Waals surface area contributed by atoms with Crippen LogP contribution in [0.5, 0.6) is 5.75 Å². The summed E-state index contributed by atoms with van der Waals surface area (Å²) in [4.78, 5) is 12.2. The van der Waals surface area contributed by atoms with Crippen LogP contribution in [0, 0.1) is 6.92 Å². The molecule has 0 saturated heterocycles. The van der Waals surface area contributed by atoms with Gasteiger partial charge >= 0.3 is 0 Å². The molecule has 2 aromatic rings. The molecular weight excluding hydrogens is 264 g/mol. The number of benzene rings is 2. The molecule has 1 aliphatic heterocycles. The topological polar surface area (TPSA) is 61.4 Å². The Balaban J connectivity index is 1.68. The van der Waals surface area contributed by atoms with E-state index in [4.69, 9.17) is 0 Å². The lowest BCUT2D eigenvalue weighted by Crippen LogP contribution is -2.23. The highest BCUT2D eigenvalue weighted by atomic mass is 16.3. The third-order valence-corrected chi connectivity index (χ3v) is 3.81. The molecule has 21 heavy (non-hydrogen) atoms. The summed E-state index contributed by atoms with van der Waals surface area (Å²) in [7, 11) is 0. The first-order valence-electron chi connectivity index (χ1n) is 7.03. The van der Waals surface area contributed by atoms with Gasteiger partial charge in [-0.3, -0.25) is 4.79 Å². The zero-order valence-corrected chi connectivity index (χ0v) is 11.9. The van der Waals surface area contributed by atoms with Gasteiger partial charge in [0.1, 0.15) is 5.75 Å². The van der Waals surface area contributed by atoms with Crippen LogP contribution in [-0.2, 0) is 19.6 Å². The summed E-state index contributed by atoms with van der Waals surface area (Å²) >= 11 is 0. The maximum atomic E-state index is 12.2. The molecular formula is C17H18N2O2. The maximum Gasteiger partial charge on any atom is 0.251 e. The lowest BCUT2D eigenvalue weighted by molar-refractivity contribution is 0.0950. The number of nitrogens with one attached hydrogen (secondary N) is 2. The molecule has 1 amide bonds. The van der Waals surface area contributed by atoms with Crippen LogP contribution in [0.25, 0.3) is 0 Å². The van der Waals surface area contributed by atoms with E-state index in [1.807, 2.05) is 6.92 Å². The Kier molecular flexibility index (Phi) is 3.62. The van der Waals surface area contributed by atoms with Gasteiger partial charge in [-0.1, -0.05) is 18.2 Å². The summed E-state index contributed by atoms with van der Waals surface area (Å²) in [5, 5.41) is 15.6. The van der Waals surface area contributed by atoms with Crippen LogP contribution in [0.2, 0.25) is 0 Å². The standard InChI is InChI=1S/C17H18N2O2/c1-11-6-15(20)4-5-16(11)17(21)19-8-12-2-3-13-9-18-10-14(13)7-12/h2-7,18,20H,8-10H2,1H3,(H,19,21). The van der Waals surface area contributed by atoms with E-state index in [1.165, 1.54) is 17.2 Å². The zero-order valence-electron chi connectivity index (χ0n) is 11.9. The number of hydrogen-bond acceptors (Lipinski definition) is 3. The third-order valence-electron chi connectivity index (χ3n) is 3.81. The van der Waals surface area contributed by atoms with Crippen molar-refractivity contribution < 1.29 is 9.90 Å². The summed E-state index contributed by atoms with van der Waals surface area (Å²) in [5.41, 5.74) is 5.10. The van der Waals surface area contributed by atoms with Gasteiger partial charge < -0.3 is 15.7 Å². The van der Waals surface area contributed by atoms with Gasteiger partial charge in [-0.25, -0.2) is 0 Å². The fourth-order valence-corrected chi connectivity index (χ4v) is 2.64. The molecule has 0 spiro atoms. The van der Waals surface area contributed by atoms with E-state index in [-0.39, 0.29) is 11.7 Å². The highest BCUT2D eigenvalue weighted by Crippen LogP contribution is 2.18. The zero-order chi connectivity index (χ0) is 14.8. The Morgan fingerprint density at radius 2 is 2.00 bits per heavy atom. The van der Waals surface area contributed by atoms with Crippen LogP contribution >= 0.6 is 0 Å². The molecule has 4 heteroatoms. The first kappa shape index (κ1) is 13.6. The molecule has 0 bridgehead atoms. The molecule has 2 aromatic carbocycles. The second-order valence-electron chi connectivity index (χ2n) is 5.39. The van der Waals surface area contributed by atoms with E-state index >= 15 is 0 Å². The summed E-state index contributed by atoms with van der Waals surface area (Å²) in [6.45, 7) is 4.14. The first-order valence-corrected chi connectivity index (χ1v) is 7.03. The smallest absolute Gasteiger partial charge is 0.251 e. The van der Waals surface area contributed by atoms with Crippen molar-refractivity contribution in [1.82, 2.24) is 10.6 Å². The predicted molar refractivity (Wildman–Crippen MR) is 81.0 cm³/mol. The van der Waals surface area contributed by atoms with Crippen molar-refractivity contribution >= 4 is 5.91 Å². The number of phenols is 1. The molecule has 4 nitrogen and oxygen atoms in total. The van der Waals surface area contributed by atoms with Crippen LogP contribution in [0.3, 0.4) is 0 Å². The van der Waals surface area contributed by atoms with Crippen molar-refractivity contribution in [2.75, 3.05) is 0 Å². The van der Waals surface area contributed by atoms with Gasteiger partial charge in [0.25, 0.3) is 5.91 Å². The molecule has 0 aliphatic carbocycles. The third kappa shape index (κ3) is 2.90. The SMILES string of the molecule is Cc1cc(O)ccc1C(=O)NCc1ccc2c(c1)CNC2. The number of carbonyl (C=O) groups excluding carboxylic acids is 1. The number of aromatic hydroxyl groups is 1. The second-order valence-corrected chi connectivity index (χ2v) is 5.39. The minimum Gasteiger partial charge on any atom is -0.508 e. The van der Waals surface area contributed by atoms with E-state index < -0.39 is 0 Å². The van der Waals surface area contributed by atoms with Crippen molar-refractivity contribution in [2.45, 2.75) is 26.6 Å². The van der Waals surface area contributed by atoms with Gasteiger partial charge in [-0.2, -0.15) is 0 Å². The second kappa shape index (κ2) is 5.58. The number of fused-ring (bicyclic) bond motifs is 1. The van der Waals surface area contributed by atoms with Crippen LogP contribution in [0.15, 0.2) is 36.4 Å². The minimum absolute atomic E-state index is 0.119. The van der Waals surface area contributed by atoms with Crippen LogP contribution < -0.4 is 10.6 Å². The highest BCUT2D eigenvalue weighted by molar-refractivity contribution is 5.95. The van der Waals surface area contributed by atoms with Gasteiger partial charge in [0.2, 0.25) is 0 Å². The number of rotatable bonds is 3. The van der Waals surface area contributed by atoms with E-state index in [0.29, 0.717) is 12.1 Å². The number of phenolic OH excluding ortho intramolecular Hbond substituents is 1. The molecule has 0 saturated carbocycles. The monoisotopic (exact) mass is 282 g/mol. The molecule has 0 aromatic heterocycles. The van der Waals surface area contributed by atoms with E-state index in [0.717, 1.165) is 24.2 Å². The average molecular weight is 282 g/mol. The summed E-state index contributed by atoms with van der Waals surface area (Å²) in [6.07, 6.45) is 0. The van der Waals surface area contributed by atoms with Gasteiger partial charge in [-0.15, -0.1) is 0 Å². The fourth-order valence-electron chi connectivity index (χ4n) is 2.64. The molecule has 0 unspecified atom stereocenters. The van der Waals surface area contributed by atoms with E-state index in [2.05, 4.69) is 28.8 Å². The summed E-state index contributed by atoms with van der Waals surface area (Å²) in [6, 6.07) is 11.1. The molecule has 0 fully saturated rings. The molecule has 0 radical (unpaired) electrons. The first-order chi connectivity index (χ1) is 10.1. The van der Waals surface area contributed by atoms with Crippen LogP contribution in [-0.4, -0.2) is 11.0 Å². The lowest BCUT2D eigenvalue weighted by atomic mass is 10.1. The number of amides is 1. The largest absolute Gasteiger partial charge is 0.508 e. The average Bonchev–Trinajstić information content (AvgIpc) is 2.92. The van der Waals surface area contributed by atoms with Gasteiger partial charge in [0.15, 0.2) is 0 Å². The fraction of sp³-hybridized carbons (Fsp3) is 0.235. The maximum absolute atomic E-state index is 12.2. The van der Waals surface area contributed by atoms with Crippen molar-refractivity contribution in [3.05, 3.63) is 64.2 Å². The Labute approximate surface area is 123 Å². The Bertz CT molecular complexity index is 695. The quantitative estimate of drug-likeness (QED) is 0.809. The minimum atomic E-state index is -0.119. The normalized spacial score (nSPS) is 13.0. The molecule has 108 valence electrons. The molecule has 3 rings (SSSR count). The van der Waals surface area contributed by atoms with Crippen LogP contribution in [0.4, 0.5) is 0 Å². The Morgan fingerprint density at radius 1 is 1.19 bits per heavy atom. The Morgan fingerprint density at radius 3 is 2.81 bits per heavy atom. The van der Waals surface area contributed by atoms with Crippen molar-refractivity contribution in [3.8, 4) is 5.75 Å². The summed E-state index contributed by atoms with van der Waals surface area (Å²) in [5.74, 6) is 0.0568. The van der Waals surface area contributed by atoms with Crippen molar-refractivity contribution in [1.29, 1.82) is 0 Å². The molecule has 1 aliphatic rings. The molecule has 0 atom stereocenters. The van der Waals surface area contributed by atoms with Crippen molar-refractivity contribution in [2.24, 2.45) is 0 Å². The van der Waals surface area contributed by atoms with Gasteiger partial charge in [0.05, 0.1) is 0 Å². The van der Waals surface area contributed by atoms with Gasteiger partial charge in [0, 0.05) is 25.2 Å². The Hall–Kier alpha value is -2.33. The van der Waals surface area contributed by atoms with E-state index in [9.17, 15) is 9.90 Å². The van der Waals surface area contributed by atoms with Gasteiger partial charge in [-0.05, 0) is 47.4 Å². The highest BCUT2D eigenvalue weighted by Gasteiger charge is 2.12. The van der Waals surface area contributed by atoms with E-state index in [1.54, 1.807) is 12.1 Å². The lowest BCUT2D eigenvalue weighted by Gasteiger charge is -2.09. The molecule has 1 heterocycles. The number of carbonyl (C=O) groups is 1. The number of aryl methyl sites for hydroxylation is 1. The van der Waals surface area contributed by atoms with Crippen LogP contribution in [0.1, 0.15) is 32.6 Å². The number of hydrogen-bond donors (Lipinski definition) is 3.